The van der Waals surface area contributed by atoms with Crippen molar-refractivity contribution in [3.8, 4) is 0 Å². The van der Waals surface area contributed by atoms with E-state index in [0.29, 0.717) is 0 Å². The zero-order valence-corrected chi connectivity index (χ0v) is 11.6. The lowest BCUT2D eigenvalue weighted by Crippen LogP contribution is -2.41. The molecular formula is C15H26N2O2. The number of carbonyl (C=O) groups excluding carboxylic acids is 1. The number of carbonyl (C=O) groups is 1. The molecule has 0 radical (unpaired) electrons. The van der Waals surface area contributed by atoms with Crippen molar-refractivity contribution in [1.82, 2.24) is 10.6 Å². The Kier molecular flexibility index (Phi) is 5.70. The van der Waals surface area contributed by atoms with E-state index in [1.807, 2.05) is 12.2 Å². The van der Waals surface area contributed by atoms with E-state index < -0.39 is 0 Å². The number of hydrogen-bond donors (Lipinski definition) is 3. The molecule has 2 aliphatic carbocycles. The molecule has 19 heavy (non-hydrogen) atoms. The van der Waals surface area contributed by atoms with Gasteiger partial charge in [0.1, 0.15) is 0 Å². The van der Waals surface area contributed by atoms with Gasteiger partial charge in [0.15, 0.2) is 0 Å². The van der Waals surface area contributed by atoms with Crippen molar-refractivity contribution in [3.05, 3.63) is 12.2 Å². The van der Waals surface area contributed by atoms with Crippen LogP contribution in [0.1, 0.15) is 44.9 Å². The van der Waals surface area contributed by atoms with Gasteiger partial charge in [0, 0.05) is 25.1 Å². The van der Waals surface area contributed by atoms with Gasteiger partial charge in [-0.25, -0.2) is 4.79 Å². The minimum atomic E-state index is -0.0836. The Hall–Kier alpha value is -1.03. The summed E-state index contributed by atoms with van der Waals surface area (Å²) in [6, 6.07) is -0.00774. The van der Waals surface area contributed by atoms with Gasteiger partial charge in [-0.15, -0.1) is 0 Å². The molecule has 0 aliphatic heterocycles. The first-order valence-electron chi connectivity index (χ1n) is 7.61. The monoisotopic (exact) mass is 266 g/mol. The molecule has 0 heterocycles. The summed E-state index contributed by atoms with van der Waals surface area (Å²) >= 11 is 0. The van der Waals surface area contributed by atoms with Gasteiger partial charge >= 0.3 is 6.03 Å². The van der Waals surface area contributed by atoms with Crippen molar-refractivity contribution >= 4 is 6.03 Å². The summed E-state index contributed by atoms with van der Waals surface area (Å²) in [6.45, 7) is 0.930. The third-order valence-corrected chi connectivity index (χ3v) is 4.27. The Bertz CT molecular complexity index is 311. The highest BCUT2D eigenvalue weighted by atomic mass is 16.3. The maximum atomic E-state index is 11.7. The van der Waals surface area contributed by atoms with Crippen LogP contribution in [0.4, 0.5) is 4.79 Å². The van der Waals surface area contributed by atoms with Crippen LogP contribution in [0.5, 0.6) is 0 Å². The summed E-state index contributed by atoms with van der Waals surface area (Å²) in [7, 11) is 0. The van der Waals surface area contributed by atoms with E-state index in [0.717, 1.165) is 25.3 Å². The van der Waals surface area contributed by atoms with Crippen molar-refractivity contribution < 1.29 is 9.90 Å². The molecule has 0 aromatic rings. The molecule has 0 spiro atoms. The van der Waals surface area contributed by atoms with Gasteiger partial charge in [-0.05, 0) is 25.2 Å². The first kappa shape index (κ1) is 14.4. The van der Waals surface area contributed by atoms with Gasteiger partial charge in [-0.1, -0.05) is 37.8 Å². The first-order valence-corrected chi connectivity index (χ1v) is 7.61. The highest BCUT2D eigenvalue weighted by Gasteiger charge is 2.19. The summed E-state index contributed by atoms with van der Waals surface area (Å²) in [6.07, 6.45) is 12.6. The molecule has 2 aliphatic rings. The smallest absolute Gasteiger partial charge is 0.315 e. The van der Waals surface area contributed by atoms with E-state index in [1.54, 1.807) is 0 Å². The van der Waals surface area contributed by atoms with Crippen LogP contribution >= 0.6 is 0 Å². The number of rotatable bonds is 6. The lowest BCUT2D eigenvalue weighted by molar-refractivity contribution is 0.231. The number of hydrogen-bond acceptors (Lipinski definition) is 2. The van der Waals surface area contributed by atoms with Crippen LogP contribution in [0.15, 0.2) is 12.2 Å². The summed E-state index contributed by atoms with van der Waals surface area (Å²) in [5.74, 6) is 1.10. The molecule has 0 aromatic carbocycles. The summed E-state index contributed by atoms with van der Waals surface area (Å²) in [5, 5.41) is 14.9. The second-order valence-corrected chi connectivity index (χ2v) is 5.86. The van der Waals surface area contributed by atoms with Crippen molar-refractivity contribution in [1.29, 1.82) is 0 Å². The zero-order valence-electron chi connectivity index (χ0n) is 11.6. The number of aliphatic hydroxyl groups is 1. The van der Waals surface area contributed by atoms with Crippen LogP contribution < -0.4 is 10.6 Å². The number of urea groups is 1. The average molecular weight is 266 g/mol. The molecule has 1 fully saturated rings. The second kappa shape index (κ2) is 7.53. The molecule has 108 valence electrons. The summed E-state index contributed by atoms with van der Waals surface area (Å²) < 4.78 is 0. The minimum Gasteiger partial charge on any atom is -0.396 e. The standard InChI is InChI=1S/C15H26N2O2/c18-11-13-7-8-14(10-13)17-15(19)16-9-3-6-12-4-1-2-5-12/h7-8,12-14,18H,1-6,9-11H2,(H2,16,17,19)/t13-,14+/m0/s1. The first-order chi connectivity index (χ1) is 9.28. The fraction of sp³-hybridized carbons (Fsp3) is 0.800. The lowest BCUT2D eigenvalue weighted by Gasteiger charge is -2.14. The lowest BCUT2D eigenvalue weighted by atomic mass is 10.0. The van der Waals surface area contributed by atoms with Gasteiger partial charge in [0.25, 0.3) is 0 Å². The van der Waals surface area contributed by atoms with E-state index in [-0.39, 0.29) is 24.6 Å². The van der Waals surface area contributed by atoms with Crippen LogP contribution in [0.3, 0.4) is 0 Å². The van der Waals surface area contributed by atoms with Crippen molar-refractivity contribution in [3.63, 3.8) is 0 Å². The van der Waals surface area contributed by atoms with E-state index in [1.165, 1.54) is 32.1 Å². The van der Waals surface area contributed by atoms with E-state index in [9.17, 15) is 4.79 Å². The van der Waals surface area contributed by atoms with E-state index in [2.05, 4.69) is 10.6 Å². The Balaban J connectivity index is 1.51. The normalized spacial score (nSPS) is 26.8. The van der Waals surface area contributed by atoms with Crippen LogP contribution in [-0.4, -0.2) is 30.3 Å². The predicted molar refractivity (Wildman–Crippen MR) is 75.8 cm³/mol. The molecule has 3 N–H and O–H groups in total. The topological polar surface area (TPSA) is 61.4 Å². The quantitative estimate of drug-likeness (QED) is 0.510. The molecular weight excluding hydrogens is 240 g/mol. The third kappa shape index (κ3) is 4.86. The molecule has 2 amide bonds. The molecule has 4 heteroatoms. The Morgan fingerprint density at radius 1 is 1.26 bits per heavy atom. The van der Waals surface area contributed by atoms with Crippen LogP contribution in [0.25, 0.3) is 0 Å². The van der Waals surface area contributed by atoms with Gasteiger partial charge in [-0.3, -0.25) is 0 Å². The molecule has 2 rings (SSSR count). The summed E-state index contributed by atoms with van der Waals surface area (Å²) in [5.41, 5.74) is 0. The fourth-order valence-electron chi connectivity index (χ4n) is 3.13. The van der Waals surface area contributed by atoms with Crippen LogP contribution in [-0.2, 0) is 0 Å². The highest BCUT2D eigenvalue weighted by Crippen LogP contribution is 2.28. The van der Waals surface area contributed by atoms with Gasteiger partial charge in [0.2, 0.25) is 0 Å². The minimum absolute atomic E-state index is 0.0759. The Morgan fingerprint density at radius 2 is 2.05 bits per heavy atom. The molecule has 4 nitrogen and oxygen atoms in total. The number of nitrogens with one attached hydrogen (secondary N) is 2. The van der Waals surface area contributed by atoms with Gasteiger partial charge in [0.05, 0.1) is 0 Å². The van der Waals surface area contributed by atoms with Crippen LogP contribution in [0, 0.1) is 11.8 Å². The Labute approximate surface area is 115 Å². The van der Waals surface area contributed by atoms with E-state index >= 15 is 0 Å². The maximum Gasteiger partial charge on any atom is 0.315 e. The zero-order chi connectivity index (χ0) is 13.5. The molecule has 0 unspecified atom stereocenters. The van der Waals surface area contributed by atoms with Crippen molar-refractivity contribution in [2.75, 3.05) is 13.2 Å². The Morgan fingerprint density at radius 3 is 2.74 bits per heavy atom. The molecule has 0 saturated heterocycles. The van der Waals surface area contributed by atoms with Crippen molar-refractivity contribution in [2.45, 2.75) is 51.0 Å². The van der Waals surface area contributed by atoms with E-state index in [4.69, 9.17) is 5.11 Å². The second-order valence-electron chi connectivity index (χ2n) is 5.86. The predicted octanol–water partition coefficient (Wildman–Crippen LogP) is 2.19. The third-order valence-electron chi connectivity index (χ3n) is 4.27. The number of amides is 2. The fourth-order valence-corrected chi connectivity index (χ4v) is 3.13. The van der Waals surface area contributed by atoms with Crippen molar-refractivity contribution in [2.24, 2.45) is 11.8 Å². The SMILES string of the molecule is O=C(NCCCC1CCCC1)N[C@@H]1C=C[C@H](CO)C1. The largest absolute Gasteiger partial charge is 0.396 e. The maximum absolute atomic E-state index is 11.7. The molecule has 2 atom stereocenters. The highest BCUT2D eigenvalue weighted by molar-refractivity contribution is 5.74. The molecule has 0 bridgehead atoms. The van der Waals surface area contributed by atoms with Gasteiger partial charge in [-0.2, -0.15) is 0 Å². The average Bonchev–Trinajstić information content (AvgIpc) is 3.05. The summed E-state index contributed by atoms with van der Waals surface area (Å²) in [4.78, 5) is 11.7. The number of aliphatic hydroxyl groups excluding tert-OH is 1. The van der Waals surface area contributed by atoms with Crippen LogP contribution in [0.2, 0.25) is 0 Å². The van der Waals surface area contributed by atoms with Gasteiger partial charge < -0.3 is 15.7 Å². The molecule has 0 aromatic heterocycles. The molecule has 1 saturated carbocycles.